The maximum atomic E-state index is 14.7. The van der Waals surface area contributed by atoms with Crippen molar-refractivity contribution < 1.29 is 26.4 Å². The van der Waals surface area contributed by atoms with Gasteiger partial charge in [0.15, 0.2) is 0 Å². The first-order chi connectivity index (χ1) is 21.0. The van der Waals surface area contributed by atoms with E-state index in [1.54, 1.807) is 24.3 Å². The van der Waals surface area contributed by atoms with Crippen molar-refractivity contribution in [1.82, 2.24) is 14.9 Å². The zero-order valence-electron chi connectivity index (χ0n) is 24.0. The highest BCUT2D eigenvalue weighted by Crippen LogP contribution is 2.42. The second-order valence-electron chi connectivity index (χ2n) is 10.8. The fourth-order valence-electron chi connectivity index (χ4n) is 5.91. The zero-order chi connectivity index (χ0) is 30.9. The van der Waals surface area contributed by atoms with Gasteiger partial charge in [0.2, 0.25) is 10.0 Å². The van der Waals surface area contributed by atoms with E-state index in [9.17, 15) is 22.0 Å². The van der Waals surface area contributed by atoms with Crippen LogP contribution in [0.4, 0.5) is 14.5 Å². The number of hydrogen-bond acceptors (Lipinski definition) is 5. The second-order valence-corrected chi connectivity index (χ2v) is 12.8. The van der Waals surface area contributed by atoms with Crippen molar-refractivity contribution in [2.75, 3.05) is 24.7 Å². The van der Waals surface area contributed by atoms with Gasteiger partial charge in [-0.2, -0.15) is 0 Å². The standard InChI is InChI=1S/C33H26F2N4O4S/c1-36-33(40)30-23-15-22(27(38(2)44(3,41)42)17-29(23)43-32(30)19-7-10-20(34)11-8-19)25-12-9-18-13-14-39-26-6-4-5-24(35)21(26)16-28(39)31(18)37-25/h4-12,15-17H,13-14H2,1-3H3,(H,36,40). The Morgan fingerprint density at radius 1 is 1.02 bits per heavy atom. The molecule has 6 aromatic rings. The van der Waals surface area contributed by atoms with E-state index in [2.05, 4.69) is 5.32 Å². The lowest BCUT2D eigenvalue weighted by atomic mass is 9.98. The van der Waals surface area contributed by atoms with Gasteiger partial charge < -0.3 is 14.3 Å². The average molecular weight is 613 g/mol. The van der Waals surface area contributed by atoms with E-state index in [0.29, 0.717) is 46.3 Å². The molecule has 1 N–H and O–H groups in total. The number of carbonyl (C=O) groups excluding carboxylic acids is 1. The SMILES string of the molecule is CNC(=O)c1c(-c2ccc(F)cc2)oc2cc(N(C)S(C)(=O)=O)c(-c3ccc4c(n3)-c3cc5c(F)cccc5n3CC4)cc12. The minimum absolute atomic E-state index is 0.217. The Balaban J connectivity index is 1.50. The molecule has 0 unspecified atom stereocenters. The molecule has 44 heavy (non-hydrogen) atoms. The molecule has 0 fully saturated rings. The quantitative estimate of drug-likeness (QED) is 0.244. The van der Waals surface area contributed by atoms with Gasteiger partial charge in [-0.3, -0.25) is 9.10 Å². The third kappa shape index (κ3) is 4.34. The maximum Gasteiger partial charge on any atom is 0.255 e. The first-order valence-corrected chi connectivity index (χ1v) is 15.7. The fourth-order valence-corrected chi connectivity index (χ4v) is 6.42. The summed E-state index contributed by atoms with van der Waals surface area (Å²) in [5, 5.41) is 3.58. The van der Waals surface area contributed by atoms with Gasteiger partial charge in [-0.05, 0) is 66.6 Å². The van der Waals surface area contributed by atoms with E-state index >= 15 is 0 Å². The van der Waals surface area contributed by atoms with Crippen molar-refractivity contribution in [3.8, 4) is 34.0 Å². The number of hydrogen-bond donors (Lipinski definition) is 1. The van der Waals surface area contributed by atoms with Gasteiger partial charge in [-0.15, -0.1) is 0 Å². The molecular formula is C33H26F2N4O4S. The van der Waals surface area contributed by atoms with Gasteiger partial charge in [-0.1, -0.05) is 12.1 Å². The molecule has 1 amide bonds. The number of benzene rings is 3. The highest BCUT2D eigenvalue weighted by Gasteiger charge is 2.28. The van der Waals surface area contributed by atoms with Crippen LogP contribution < -0.4 is 9.62 Å². The van der Waals surface area contributed by atoms with Crippen molar-refractivity contribution in [1.29, 1.82) is 0 Å². The first kappa shape index (κ1) is 27.8. The molecule has 0 bridgehead atoms. The summed E-state index contributed by atoms with van der Waals surface area (Å²) >= 11 is 0. The Kier molecular flexibility index (Phi) is 6.33. The number of carbonyl (C=O) groups is 1. The number of sulfonamides is 1. The molecule has 0 aliphatic carbocycles. The topological polar surface area (TPSA) is 97.4 Å². The number of nitrogens with zero attached hydrogens (tertiary/aromatic N) is 3. The number of nitrogens with one attached hydrogen (secondary N) is 1. The number of halogens is 2. The molecule has 4 heterocycles. The molecule has 0 saturated carbocycles. The molecule has 11 heteroatoms. The lowest BCUT2D eigenvalue weighted by Gasteiger charge is -2.23. The number of aromatic nitrogens is 2. The predicted octanol–water partition coefficient (Wildman–Crippen LogP) is 6.37. The van der Waals surface area contributed by atoms with E-state index in [1.165, 1.54) is 44.4 Å². The van der Waals surface area contributed by atoms with E-state index in [4.69, 9.17) is 9.40 Å². The Bertz CT molecular complexity index is 2260. The van der Waals surface area contributed by atoms with Gasteiger partial charge in [0, 0.05) is 48.6 Å². The van der Waals surface area contributed by atoms with Crippen molar-refractivity contribution in [3.63, 3.8) is 0 Å². The van der Waals surface area contributed by atoms with Gasteiger partial charge in [0.25, 0.3) is 5.91 Å². The monoisotopic (exact) mass is 612 g/mol. The molecule has 0 radical (unpaired) electrons. The highest BCUT2D eigenvalue weighted by molar-refractivity contribution is 7.92. The summed E-state index contributed by atoms with van der Waals surface area (Å²) in [4.78, 5) is 18.2. The molecule has 3 aromatic heterocycles. The van der Waals surface area contributed by atoms with Crippen LogP contribution in [0.3, 0.4) is 0 Å². The Morgan fingerprint density at radius 2 is 1.80 bits per heavy atom. The molecule has 1 aliphatic rings. The van der Waals surface area contributed by atoms with Crippen molar-refractivity contribution in [2.24, 2.45) is 0 Å². The van der Waals surface area contributed by atoms with Crippen molar-refractivity contribution in [3.05, 3.63) is 95.6 Å². The summed E-state index contributed by atoms with van der Waals surface area (Å²) in [7, 11) is -0.799. The molecule has 7 rings (SSSR count). The number of anilines is 1. The number of amides is 1. The molecule has 8 nitrogen and oxygen atoms in total. The molecule has 0 saturated heterocycles. The molecule has 3 aromatic carbocycles. The normalized spacial score (nSPS) is 12.8. The summed E-state index contributed by atoms with van der Waals surface area (Å²) in [5.41, 5.74) is 5.36. The highest BCUT2D eigenvalue weighted by atomic mass is 32.2. The van der Waals surface area contributed by atoms with Crippen LogP contribution in [-0.4, -0.2) is 44.2 Å². The molecule has 222 valence electrons. The summed E-state index contributed by atoms with van der Waals surface area (Å²) < 4.78 is 63.4. The third-order valence-corrected chi connectivity index (χ3v) is 9.39. The lowest BCUT2D eigenvalue weighted by molar-refractivity contribution is 0.0964. The van der Waals surface area contributed by atoms with Crippen LogP contribution in [0.15, 0.2) is 77.2 Å². The molecule has 1 aliphatic heterocycles. The summed E-state index contributed by atoms with van der Waals surface area (Å²) in [6.45, 7) is 0.668. The number of fused-ring (bicyclic) bond motifs is 6. The molecule has 0 spiro atoms. The Morgan fingerprint density at radius 3 is 2.52 bits per heavy atom. The molecular weight excluding hydrogens is 586 g/mol. The van der Waals surface area contributed by atoms with Crippen molar-refractivity contribution >= 4 is 43.5 Å². The number of furan rings is 1. The van der Waals surface area contributed by atoms with Crippen LogP contribution in [0.25, 0.3) is 55.8 Å². The number of rotatable bonds is 5. The largest absolute Gasteiger partial charge is 0.455 e. The van der Waals surface area contributed by atoms with E-state index in [-0.39, 0.29) is 28.4 Å². The van der Waals surface area contributed by atoms with Gasteiger partial charge in [0.05, 0.1) is 40.1 Å². The minimum atomic E-state index is -3.73. The Labute approximate surface area is 251 Å². The van der Waals surface area contributed by atoms with Crippen LogP contribution in [0.5, 0.6) is 0 Å². The van der Waals surface area contributed by atoms with Crippen LogP contribution in [0.2, 0.25) is 0 Å². The van der Waals surface area contributed by atoms with Gasteiger partial charge in [0.1, 0.15) is 23.0 Å². The Hall–Kier alpha value is -5.03. The fraction of sp³-hybridized carbons (Fsp3) is 0.152. The minimum Gasteiger partial charge on any atom is -0.455 e. The van der Waals surface area contributed by atoms with E-state index in [0.717, 1.165) is 27.3 Å². The van der Waals surface area contributed by atoms with Crippen LogP contribution >= 0.6 is 0 Å². The summed E-state index contributed by atoms with van der Waals surface area (Å²) in [6.07, 6.45) is 1.78. The maximum absolute atomic E-state index is 14.7. The lowest BCUT2D eigenvalue weighted by Crippen LogP contribution is -2.25. The van der Waals surface area contributed by atoms with Crippen LogP contribution in [0, 0.1) is 11.6 Å². The van der Waals surface area contributed by atoms with E-state index in [1.807, 2.05) is 22.8 Å². The predicted molar refractivity (Wildman–Crippen MR) is 166 cm³/mol. The summed E-state index contributed by atoms with van der Waals surface area (Å²) in [6, 6.07) is 19.4. The third-order valence-electron chi connectivity index (χ3n) is 8.20. The van der Waals surface area contributed by atoms with Crippen LogP contribution in [0.1, 0.15) is 15.9 Å². The van der Waals surface area contributed by atoms with Gasteiger partial charge in [-0.25, -0.2) is 22.2 Å². The number of pyridine rings is 1. The van der Waals surface area contributed by atoms with Crippen molar-refractivity contribution in [2.45, 2.75) is 13.0 Å². The number of aryl methyl sites for hydroxylation is 2. The zero-order valence-corrected chi connectivity index (χ0v) is 24.8. The smallest absolute Gasteiger partial charge is 0.255 e. The second kappa shape index (κ2) is 10.0. The van der Waals surface area contributed by atoms with Gasteiger partial charge >= 0.3 is 0 Å². The average Bonchev–Trinajstić information content (AvgIpc) is 3.59. The van der Waals surface area contributed by atoms with Crippen LogP contribution in [-0.2, 0) is 23.0 Å². The first-order valence-electron chi connectivity index (χ1n) is 13.9. The van der Waals surface area contributed by atoms with E-state index < -0.39 is 21.7 Å². The summed E-state index contributed by atoms with van der Waals surface area (Å²) in [5.74, 6) is -0.966. The molecule has 0 atom stereocenters.